The molecule has 0 saturated carbocycles. The van der Waals surface area contributed by atoms with Crippen molar-refractivity contribution in [3.63, 3.8) is 0 Å². The van der Waals surface area contributed by atoms with Gasteiger partial charge in [-0.05, 0) is 36.4 Å². The van der Waals surface area contributed by atoms with Gasteiger partial charge in [0.25, 0.3) is 0 Å². The van der Waals surface area contributed by atoms with Crippen molar-refractivity contribution in [3.05, 3.63) is 91.0 Å². The van der Waals surface area contributed by atoms with E-state index in [9.17, 15) is 0 Å². The van der Waals surface area contributed by atoms with Crippen LogP contribution in [0.3, 0.4) is 0 Å². The first-order chi connectivity index (χ1) is 9.45. The second kappa shape index (κ2) is 7.57. The third-order valence-corrected chi connectivity index (χ3v) is 5.92. The zero-order valence-electron chi connectivity index (χ0n) is 11.0. The van der Waals surface area contributed by atoms with Crippen LogP contribution in [0, 0.1) is 0 Å². The molecular weight excluding hydrogens is 444 g/mol. The van der Waals surface area contributed by atoms with Gasteiger partial charge < -0.3 is 0 Å². The van der Waals surface area contributed by atoms with E-state index in [2.05, 4.69) is 91.0 Å². The Bertz CT molecular complexity index is 529. The first kappa shape index (κ1) is 15.2. The second-order valence-corrected chi connectivity index (χ2v) is 6.96. The average molecular weight is 460 g/mol. The van der Waals surface area contributed by atoms with Crippen LogP contribution in [-0.4, -0.2) is 0 Å². The zero-order valence-corrected chi connectivity index (χ0v) is 14.1. The zero-order chi connectivity index (χ0) is 12.9. The maximum Gasteiger partial charge on any atom is 1.00 e. The molecule has 2 heteroatoms. The van der Waals surface area contributed by atoms with Crippen molar-refractivity contribution in [2.24, 2.45) is 0 Å². The van der Waals surface area contributed by atoms with E-state index in [0.29, 0.717) is 0 Å². The molecule has 0 amide bonds. The summed E-state index contributed by atoms with van der Waals surface area (Å²) in [7, 11) is -0.877. The molecule has 0 saturated heterocycles. The average Bonchev–Trinajstić information content (AvgIpc) is 2.51. The molecule has 3 rings (SSSR count). The molecule has 0 atom stereocenters. The molecule has 0 nitrogen and oxygen atoms in total. The molecule has 3 aromatic rings. The third kappa shape index (κ3) is 3.48. The normalized spacial score (nSPS) is 10.1. The fourth-order valence-electron chi connectivity index (χ4n) is 2.31. The van der Waals surface area contributed by atoms with Gasteiger partial charge in [0.05, 0.1) is 7.92 Å². The standard InChI is InChI=1S/C18H15P.Au/c1-4-10-16(11-5-1)19(17-12-6-2-7-13-17)18-14-8-3-9-15-18;/h1-15H;/q;+1/p+1. The molecule has 0 bridgehead atoms. The van der Waals surface area contributed by atoms with Gasteiger partial charge in [-0.1, -0.05) is 54.6 Å². The van der Waals surface area contributed by atoms with Gasteiger partial charge >= 0.3 is 22.4 Å². The van der Waals surface area contributed by atoms with Crippen LogP contribution in [-0.2, 0) is 22.4 Å². The van der Waals surface area contributed by atoms with E-state index in [1.165, 1.54) is 15.9 Å². The monoisotopic (exact) mass is 460 g/mol. The molecule has 20 heavy (non-hydrogen) atoms. The first-order valence-electron chi connectivity index (χ1n) is 6.48. The summed E-state index contributed by atoms with van der Waals surface area (Å²) in [5.41, 5.74) is 0. The maximum absolute atomic E-state index is 2.24. The van der Waals surface area contributed by atoms with Crippen molar-refractivity contribution >= 4 is 23.8 Å². The molecule has 0 aliphatic carbocycles. The molecule has 0 N–H and O–H groups in total. The van der Waals surface area contributed by atoms with E-state index >= 15 is 0 Å². The maximum atomic E-state index is 2.24. The predicted octanol–water partition coefficient (Wildman–Crippen LogP) is 3.17. The van der Waals surface area contributed by atoms with Crippen molar-refractivity contribution in [1.29, 1.82) is 0 Å². The Morgan fingerprint density at radius 1 is 0.400 bits per heavy atom. The van der Waals surface area contributed by atoms with Crippen molar-refractivity contribution < 1.29 is 22.4 Å². The summed E-state index contributed by atoms with van der Waals surface area (Å²) in [6, 6.07) is 32.5. The van der Waals surface area contributed by atoms with Crippen LogP contribution in [0.15, 0.2) is 91.0 Å². The minimum atomic E-state index is -0.877. The summed E-state index contributed by atoms with van der Waals surface area (Å²) in [6.45, 7) is 0. The molecule has 0 aromatic heterocycles. The Morgan fingerprint density at radius 2 is 0.650 bits per heavy atom. The smallest absolute Gasteiger partial charge is 0.0620 e. The fourth-order valence-corrected chi connectivity index (χ4v) is 4.89. The number of benzene rings is 3. The second-order valence-electron chi connectivity index (χ2n) is 4.47. The van der Waals surface area contributed by atoms with Gasteiger partial charge in [-0.3, -0.25) is 0 Å². The van der Waals surface area contributed by atoms with E-state index < -0.39 is 7.92 Å². The van der Waals surface area contributed by atoms with E-state index in [-0.39, 0.29) is 22.4 Å². The summed E-state index contributed by atoms with van der Waals surface area (Å²) in [5, 5.41) is 4.31. The van der Waals surface area contributed by atoms with Crippen molar-refractivity contribution in [2.75, 3.05) is 0 Å². The SMILES string of the molecule is [Au+].c1ccc([PH+](c2ccccc2)c2ccccc2)cc1. The Balaban J connectivity index is 0.00000147. The van der Waals surface area contributed by atoms with Crippen molar-refractivity contribution in [3.8, 4) is 0 Å². The molecule has 0 radical (unpaired) electrons. The van der Waals surface area contributed by atoms with Gasteiger partial charge in [-0.25, -0.2) is 0 Å². The third-order valence-electron chi connectivity index (χ3n) is 3.19. The minimum Gasteiger partial charge on any atom is -0.0620 e. The van der Waals surface area contributed by atoms with Crippen LogP contribution >= 0.6 is 7.92 Å². The summed E-state index contributed by atoms with van der Waals surface area (Å²) >= 11 is 0. The Hall–Kier alpha value is -1.17. The van der Waals surface area contributed by atoms with Crippen LogP contribution in [0.1, 0.15) is 0 Å². The van der Waals surface area contributed by atoms with Gasteiger partial charge in [-0.15, -0.1) is 0 Å². The van der Waals surface area contributed by atoms with E-state index in [1.807, 2.05) is 0 Å². The first-order valence-corrected chi connectivity index (χ1v) is 7.98. The topological polar surface area (TPSA) is 0 Å². The van der Waals surface area contributed by atoms with Gasteiger partial charge in [0.15, 0.2) is 0 Å². The van der Waals surface area contributed by atoms with Crippen molar-refractivity contribution in [2.45, 2.75) is 0 Å². The number of hydrogen-bond donors (Lipinski definition) is 0. The number of hydrogen-bond acceptors (Lipinski definition) is 0. The molecular formula is C18H16AuP+2. The summed E-state index contributed by atoms with van der Waals surface area (Å²) < 4.78 is 0. The summed E-state index contributed by atoms with van der Waals surface area (Å²) in [5.74, 6) is 0. The largest absolute Gasteiger partial charge is 1.00 e. The van der Waals surface area contributed by atoms with Gasteiger partial charge in [0.1, 0.15) is 15.9 Å². The molecule has 0 fully saturated rings. The Kier molecular flexibility index (Phi) is 5.76. The van der Waals surface area contributed by atoms with Crippen LogP contribution in [0.4, 0.5) is 0 Å². The van der Waals surface area contributed by atoms with Crippen LogP contribution in [0.2, 0.25) is 0 Å². The molecule has 0 aliphatic heterocycles. The summed E-state index contributed by atoms with van der Waals surface area (Å²) in [6.07, 6.45) is 0. The van der Waals surface area contributed by atoms with Crippen LogP contribution in [0.25, 0.3) is 0 Å². The summed E-state index contributed by atoms with van der Waals surface area (Å²) in [4.78, 5) is 0. The predicted molar refractivity (Wildman–Crippen MR) is 86.5 cm³/mol. The molecule has 0 aliphatic rings. The van der Waals surface area contributed by atoms with E-state index in [4.69, 9.17) is 0 Å². The van der Waals surface area contributed by atoms with Crippen molar-refractivity contribution in [1.82, 2.24) is 0 Å². The Morgan fingerprint density at radius 3 is 0.900 bits per heavy atom. The number of rotatable bonds is 3. The van der Waals surface area contributed by atoms with Crippen LogP contribution in [0.5, 0.6) is 0 Å². The molecule has 0 spiro atoms. The van der Waals surface area contributed by atoms with Gasteiger partial charge in [-0.2, -0.15) is 0 Å². The quantitative estimate of drug-likeness (QED) is 0.416. The molecule has 0 heterocycles. The van der Waals surface area contributed by atoms with Gasteiger partial charge in [0, 0.05) is 0 Å². The van der Waals surface area contributed by atoms with E-state index in [1.54, 1.807) is 0 Å². The van der Waals surface area contributed by atoms with E-state index in [0.717, 1.165) is 0 Å². The van der Waals surface area contributed by atoms with Gasteiger partial charge in [0.2, 0.25) is 0 Å². The molecule has 0 unspecified atom stereocenters. The minimum absolute atomic E-state index is 0. The Labute approximate surface area is 137 Å². The van der Waals surface area contributed by atoms with Crippen LogP contribution < -0.4 is 15.9 Å². The molecule has 102 valence electrons. The molecule has 3 aromatic carbocycles. The fraction of sp³-hybridized carbons (Fsp3) is 0.